The lowest BCUT2D eigenvalue weighted by Gasteiger charge is -2.07. The molecular formula is C12H9BrN4O2S2. The standard InChI is InChI=1S/C12H9BrN4O2S2/c13-7-5-10(11(14)15-6-7)21(18,19)17-12-16-8-3-1-2-4-9(8)20-12/h1-6H,(H2,14,15)(H,16,17). The fourth-order valence-corrected chi connectivity index (χ4v) is 4.42. The molecule has 3 aromatic rings. The lowest BCUT2D eigenvalue weighted by Crippen LogP contribution is -2.15. The number of pyridine rings is 1. The third kappa shape index (κ3) is 2.85. The minimum atomic E-state index is -3.83. The first-order valence-electron chi connectivity index (χ1n) is 5.75. The summed E-state index contributed by atoms with van der Waals surface area (Å²) in [5, 5.41) is 0.288. The minimum absolute atomic E-state index is 0.0631. The Morgan fingerprint density at radius 1 is 1.29 bits per heavy atom. The van der Waals surface area contributed by atoms with Gasteiger partial charge in [-0.05, 0) is 34.1 Å². The van der Waals surface area contributed by atoms with Crippen LogP contribution in [-0.2, 0) is 10.0 Å². The molecule has 0 atom stereocenters. The van der Waals surface area contributed by atoms with E-state index in [1.165, 1.54) is 23.6 Å². The Morgan fingerprint density at radius 2 is 2.05 bits per heavy atom. The van der Waals surface area contributed by atoms with Crippen LogP contribution in [0.25, 0.3) is 10.2 Å². The van der Waals surface area contributed by atoms with E-state index in [2.05, 4.69) is 30.6 Å². The van der Waals surface area contributed by atoms with Gasteiger partial charge in [-0.15, -0.1) is 0 Å². The Labute approximate surface area is 133 Å². The Kier molecular flexibility index (Phi) is 3.56. The molecule has 1 aromatic carbocycles. The van der Waals surface area contributed by atoms with Gasteiger partial charge in [0.15, 0.2) is 5.13 Å². The van der Waals surface area contributed by atoms with Crippen LogP contribution in [-0.4, -0.2) is 18.4 Å². The molecule has 0 fully saturated rings. The molecule has 3 N–H and O–H groups in total. The molecule has 0 spiro atoms. The highest BCUT2D eigenvalue weighted by Gasteiger charge is 2.20. The molecule has 0 aliphatic rings. The van der Waals surface area contributed by atoms with Gasteiger partial charge in [0.2, 0.25) is 0 Å². The zero-order valence-electron chi connectivity index (χ0n) is 10.4. The predicted molar refractivity (Wildman–Crippen MR) is 86.8 cm³/mol. The van der Waals surface area contributed by atoms with Crippen molar-refractivity contribution >= 4 is 58.5 Å². The molecule has 0 radical (unpaired) electrons. The van der Waals surface area contributed by atoms with Gasteiger partial charge >= 0.3 is 0 Å². The monoisotopic (exact) mass is 384 g/mol. The maximum atomic E-state index is 12.4. The van der Waals surface area contributed by atoms with Crippen molar-refractivity contribution in [3.05, 3.63) is 41.0 Å². The molecule has 2 aromatic heterocycles. The van der Waals surface area contributed by atoms with Crippen LogP contribution in [0.15, 0.2) is 45.9 Å². The lowest BCUT2D eigenvalue weighted by molar-refractivity contribution is 0.601. The van der Waals surface area contributed by atoms with Crippen molar-refractivity contribution in [1.29, 1.82) is 0 Å². The number of fused-ring (bicyclic) bond motifs is 1. The van der Waals surface area contributed by atoms with Crippen LogP contribution in [0.2, 0.25) is 0 Å². The van der Waals surface area contributed by atoms with E-state index in [0.29, 0.717) is 4.47 Å². The summed E-state index contributed by atoms with van der Waals surface area (Å²) in [6.07, 6.45) is 1.44. The van der Waals surface area contributed by atoms with E-state index in [1.54, 1.807) is 0 Å². The van der Waals surface area contributed by atoms with E-state index in [1.807, 2.05) is 24.3 Å². The van der Waals surface area contributed by atoms with E-state index in [4.69, 9.17) is 5.73 Å². The number of nitrogens with one attached hydrogen (secondary N) is 1. The van der Waals surface area contributed by atoms with Gasteiger partial charge in [-0.1, -0.05) is 23.5 Å². The Hall–Kier alpha value is -1.71. The fourth-order valence-electron chi connectivity index (χ4n) is 1.73. The van der Waals surface area contributed by atoms with Gasteiger partial charge in [0, 0.05) is 10.7 Å². The van der Waals surface area contributed by atoms with Crippen molar-refractivity contribution in [2.24, 2.45) is 0 Å². The van der Waals surface area contributed by atoms with Gasteiger partial charge in [0.1, 0.15) is 10.7 Å². The van der Waals surface area contributed by atoms with E-state index < -0.39 is 10.0 Å². The molecular weight excluding hydrogens is 376 g/mol. The third-order valence-electron chi connectivity index (χ3n) is 2.65. The topological polar surface area (TPSA) is 98.0 Å². The van der Waals surface area contributed by atoms with Crippen molar-refractivity contribution < 1.29 is 8.42 Å². The number of anilines is 2. The van der Waals surface area contributed by atoms with Gasteiger partial charge in [-0.25, -0.2) is 18.4 Å². The van der Waals surface area contributed by atoms with E-state index >= 15 is 0 Å². The van der Waals surface area contributed by atoms with Crippen molar-refractivity contribution in [1.82, 2.24) is 9.97 Å². The number of nitrogen functional groups attached to an aromatic ring is 1. The largest absolute Gasteiger partial charge is 0.383 e. The van der Waals surface area contributed by atoms with Crippen molar-refractivity contribution in [2.75, 3.05) is 10.5 Å². The number of nitrogens with two attached hydrogens (primary N) is 1. The maximum Gasteiger partial charge on any atom is 0.267 e. The van der Waals surface area contributed by atoms with E-state index in [-0.39, 0.29) is 15.8 Å². The van der Waals surface area contributed by atoms with Gasteiger partial charge in [0.05, 0.1) is 10.2 Å². The number of sulfonamides is 1. The number of halogens is 1. The van der Waals surface area contributed by atoms with Crippen molar-refractivity contribution in [3.63, 3.8) is 0 Å². The summed E-state index contributed by atoms with van der Waals surface area (Å²) in [6.45, 7) is 0. The fraction of sp³-hybridized carbons (Fsp3) is 0. The van der Waals surface area contributed by atoms with Crippen molar-refractivity contribution in [2.45, 2.75) is 4.90 Å². The predicted octanol–water partition coefficient (Wildman–Crippen LogP) is 2.84. The SMILES string of the molecule is Nc1ncc(Br)cc1S(=O)(=O)Nc1nc2ccccc2s1. The van der Waals surface area contributed by atoms with E-state index in [9.17, 15) is 8.42 Å². The molecule has 6 nitrogen and oxygen atoms in total. The Bertz CT molecular complexity index is 891. The molecule has 21 heavy (non-hydrogen) atoms. The molecule has 3 rings (SSSR count). The molecule has 2 heterocycles. The normalized spacial score (nSPS) is 11.7. The molecule has 0 amide bonds. The second kappa shape index (κ2) is 5.24. The number of hydrogen-bond acceptors (Lipinski definition) is 6. The highest BCUT2D eigenvalue weighted by molar-refractivity contribution is 9.10. The number of para-hydroxylation sites is 1. The number of rotatable bonds is 3. The van der Waals surface area contributed by atoms with Crippen LogP contribution in [0.3, 0.4) is 0 Å². The average Bonchev–Trinajstić information content (AvgIpc) is 2.82. The number of nitrogens with zero attached hydrogens (tertiary/aromatic N) is 2. The van der Waals surface area contributed by atoms with Gasteiger partial charge in [-0.3, -0.25) is 4.72 Å². The van der Waals surface area contributed by atoms with Crippen LogP contribution in [0.5, 0.6) is 0 Å². The molecule has 0 aliphatic heterocycles. The first-order valence-corrected chi connectivity index (χ1v) is 8.84. The lowest BCUT2D eigenvalue weighted by atomic mass is 10.3. The summed E-state index contributed by atoms with van der Waals surface area (Å²) < 4.78 is 28.6. The maximum absolute atomic E-state index is 12.4. The number of aromatic nitrogens is 2. The summed E-state index contributed by atoms with van der Waals surface area (Å²) in [7, 11) is -3.83. The zero-order valence-corrected chi connectivity index (χ0v) is 13.7. The molecule has 0 aliphatic carbocycles. The molecule has 0 saturated heterocycles. The van der Waals surface area contributed by atoms with Crippen LogP contribution in [0.1, 0.15) is 0 Å². The second-order valence-electron chi connectivity index (χ2n) is 4.13. The van der Waals surface area contributed by atoms with Gasteiger partial charge in [0.25, 0.3) is 10.0 Å². The van der Waals surface area contributed by atoms with Crippen LogP contribution < -0.4 is 10.5 Å². The molecule has 0 unspecified atom stereocenters. The first-order chi connectivity index (χ1) is 9.95. The summed E-state index contributed by atoms with van der Waals surface area (Å²) >= 11 is 4.43. The number of benzene rings is 1. The highest BCUT2D eigenvalue weighted by Crippen LogP contribution is 2.28. The summed E-state index contributed by atoms with van der Waals surface area (Å²) in [4.78, 5) is 7.97. The highest BCUT2D eigenvalue weighted by atomic mass is 79.9. The summed E-state index contributed by atoms with van der Waals surface area (Å²) in [6, 6.07) is 8.81. The van der Waals surface area contributed by atoms with Crippen molar-refractivity contribution in [3.8, 4) is 0 Å². The van der Waals surface area contributed by atoms with Gasteiger partial charge < -0.3 is 5.73 Å². The summed E-state index contributed by atoms with van der Waals surface area (Å²) in [5.41, 5.74) is 6.37. The Balaban J connectivity index is 2.01. The zero-order chi connectivity index (χ0) is 15.0. The number of hydrogen-bond donors (Lipinski definition) is 2. The van der Waals surface area contributed by atoms with Crippen LogP contribution in [0.4, 0.5) is 10.9 Å². The molecule has 108 valence electrons. The van der Waals surface area contributed by atoms with Gasteiger partial charge in [-0.2, -0.15) is 0 Å². The minimum Gasteiger partial charge on any atom is -0.383 e. The second-order valence-corrected chi connectivity index (χ2v) is 7.73. The summed E-state index contributed by atoms with van der Waals surface area (Å²) in [5.74, 6) is -0.0631. The molecule has 0 bridgehead atoms. The number of thiazole rings is 1. The van der Waals surface area contributed by atoms with E-state index in [0.717, 1.165) is 10.2 Å². The smallest absolute Gasteiger partial charge is 0.267 e. The first kappa shape index (κ1) is 14.2. The van der Waals surface area contributed by atoms with Crippen LogP contribution >= 0.6 is 27.3 Å². The average molecular weight is 385 g/mol. The Morgan fingerprint density at radius 3 is 2.81 bits per heavy atom. The quantitative estimate of drug-likeness (QED) is 0.723. The van der Waals surface area contributed by atoms with Crippen LogP contribution in [0, 0.1) is 0 Å². The molecule has 0 saturated carbocycles. The molecule has 9 heteroatoms. The third-order valence-corrected chi connectivity index (χ3v) is 5.54.